The Balaban J connectivity index is 1.44. The zero-order chi connectivity index (χ0) is 28.2. The molecule has 6 rings (SSSR count). The lowest BCUT2D eigenvalue weighted by molar-refractivity contribution is -0.123. The highest BCUT2D eigenvalue weighted by Crippen LogP contribution is 2.38. The van der Waals surface area contributed by atoms with Crippen LogP contribution in [0.25, 0.3) is 11.3 Å². The van der Waals surface area contributed by atoms with Gasteiger partial charge in [-0.15, -0.1) is 0 Å². The molecule has 0 radical (unpaired) electrons. The minimum Gasteiger partial charge on any atom is -0.486 e. The van der Waals surface area contributed by atoms with E-state index in [1.54, 1.807) is 36.4 Å². The summed E-state index contributed by atoms with van der Waals surface area (Å²) in [6, 6.07) is 23.2. The molecule has 210 valence electrons. The lowest BCUT2D eigenvalue weighted by atomic mass is 9.94. The van der Waals surface area contributed by atoms with Gasteiger partial charge >= 0.3 is 0 Å². The van der Waals surface area contributed by atoms with Crippen LogP contribution in [0.5, 0.6) is 11.5 Å². The molecule has 41 heavy (non-hydrogen) atoms. The number of anilines is 1. The molecular weight excluding hydrogens is 521 g/mol. The number of halogens is 1. The lowest BCUT2D eigenvalue weighted by Crippen LogP contribution is -2.47. The molecule has 1 unspecified atom stereocenters. The van der Waals surface area contributed by atoms with Gasteiger partial charge in [-0.05, 0) is 60.4 Å². The number of benzene rings is 3. The van der Waals surface area contributed by atoms with E-state index < -0.39 is 17.8 Å². The molecule has 2 amide bonds. The predicted molar refractivity (Wildman–Crippen MR) is 155 cm³/mol. The van der Waals surface area contributed by atoms with E-state index in [0.29, 0.717) is 41.7 Å². The van der Waals surface area contributed by atoms with Gasteiger partial charge in [0, 0.05) is 23.5 Å². The van der Waals surface area contributed by atoms with E-state index in [1.165, 1.54) is 17.0 Å². The van der Waals surface area contributed by atoms with Gasteiger partial charge in [0.25, 0.3) is 5.91 Å². The fourth-order valence-electron chi connectivity index (χ4n) is 5.59. The Morgan fingerprint density at radius 3 is 2.34 bits per heavy atom. The van der Waals surface area contributed by atoms with Crippen molar-refractivity contribution in [1.82, 2.24) is 10.3 Å². The third kappa shape index (κ3) is 5.82. The molecule has 7 nitrogen and oxygen atoms in total. The van der Waals surface area contributed by atoms with Crippen LogP contribution in [0.15, 0.2) is 84.9 Å². The summed E-state index contributed by atoms with van der Waals surface area (Å²) in [6.07, 6.45) is 5.00. The summed E-state index contributed by atoms with van der Waals surface area (Å²) in [5.74, 6) is -0.0787. The van der Waals surface area contributed by atoms with Crippen molar-refractivity contribution in [3.05, 3.63) is 102 Å². The highest BCUT2D eigenvalue weighted by Gasteiger charge is 2.36. The number of carbonyl (C=O) groups excluding carboxylic acids is 2. The van der Waals surface area contributed by atoms with Crippen LogP contribution < -0.4 is 19.7 Å². The quantitative estimate of drug-likeness (QED) is 0.276. The number of nitrogens with one attached hydrogen (secondary N) is 2. The number of aromatic nitrogens is 1. The van der Waals surface area contributed by atoms with Crippen LogP contribution in [0.1, 0.15) is 54.2 Å². The molecule has 1 saturated carbocycles. The molecule has 1 aliphatic heterocycles. The molecule has 2 N–H and O–H groups in total. The molecule has 8 heteroatoms. The fraction of sp³-hybridized carbons (Fsp3) is 0.273. The average molecular weight is 554 g/mol. The van der Waals surface area contributed by atoms with Gasteiger partial charge in [0.15, 0.2) is 11.5 Å². The first-order chi connectivity index (χ1) is 20.1. The van der Waals surface area contributed by atoms with Crippen molar-refractivity contribution in [2.24, 2.45) is 0 Å². The molecular formula is C33H32FN3O4. The van der Waals surface area contributed by atoms with Crippen LogP contribution in [0.2, 0.25) is 0 Å². The van der Waals surface area contributed by atoms with E-state index in [4.69, 9.17) is 9.47 Å². The van der Waals surface area contributed by atoms with Crippen LogP contribution in [0.3, 0.4) is 0 Å². The van der Waals surface area contributed by atoms with Gasteiger partial charge < -0.3 is 19.8 Å². The van der Waals surface area contributed by atoms with E-state index in [-0.39, 0.29) is 11.9 Å². The third-order valence-corrected chi connectivity index (χ3v) is 7.67. The summed E-state index contributed by atoms with van der Waals surface area (Å²) in [5, 5.41) is 3.19. The number of ether oxygens (including phenoxy) is 2. The zero-order valence-corrected chi connectivity index (χ0v) is 22.6. The van der Waals surface area contributed by atoms with E-state index >= 15 is 0 Å². The molecule has 3 aromatic carbocycles. The Hall–Kier alpha value is -4.59. The SMILES string of the molecule is O=C(NC1CCCCC1)C(c1ccc(F)cc1)N(C(=O)c1ccc(-c2ccccc2)[nH]1)c1ccc2c(c1)OCCO2. The van der Waals surface area contributed by atoms with Crippen molar-refractivity contribution in [2.75, 3.05) is 18.1 Å². The van der Waals surface area contributed by atoms with Crippen LogP contribution in [0, 0.1) is 5.82 Å². The molecule has 0 bridgehead atoms. The van der Waals surface area contributed by atoms with Crippen LogP contribution in [-0.2, 0) is 4.79 Å². The number of hydrogen-bond donors (Lipinski definition) is 2. The Bertz CT molecular complexity index is 1510. The average Bonchev–Trinajstić information content (AvgIpc) is 3.51. The maximum absolute atomic E-state index is 14.4. The Kier molecular flexibility index (Phi) is 7.71. The summed E-state index contributed by atoms with van der Waals surface area (Å²) < 4.78 is 25.5. The third-order valence-electron chi connectivity index (χ3n) is 7.67. The predicted octanol–water partition coefficient (Wildman–Crippen LogP) is 6.43. The van der Waals surface area contributed by atoms with Crippen molar-refractivity contribution in [2.45, 2.75) is 44.2 Å². The van der Waals surface area contributed by atoms with Crippen molar-refractivity contribution in [3.63, 3.8) is 0 Å². The maximum Gasteiger partial charge on any atom is 0.275 e. The van der Waals surface area contributed by atoms with Gasteiger partial charge in [-0.25, -0.2) is 4.39 Å². The molecule has 1 fully saturated rings. The number of hydrogen-bond acceptors (Lipinski definition) is 4. The van der Waals surface area contributed by atoms with Gasteiger partial charge in [-0.1, -0.05) is 61.7 Å². The van der Waals surface area contributed by atoms with E-state index in [9.17, 15) is 14.0 Å². The molecule has 4 aromatic rings. The van der Waals surface area contributed by atoms with E-state index in [1.807, 2.05) is 36.4 Å². The summed E-state index contributed by atoms with van der Waals surface area (Å²) in [6.45, 7) is 0.812. The normalized spacial score (nSPS) is 15.6. The standard InChI is InChI=1S/C33H32FN3O4/c34-24-13-11-23(12-14-24)31(32(38)35-25-9-5-2-6-10-25)37(26-15-18-29-30(21-26)41-20-19-40-29)33(39)28-17-16-27(36-28)22-7-3-1-4-8-22/h1,3-4,7-8,11-18,21,25,31,36H,2,5-6,9-10,19-20H2,(H,35,38). The Labute approximate surface area is 238 Å². The second-order valence-corrected chi connectivity index (χ2v) is 10.5. The largest absolute Gasteiger partial charge is 0.486 e. The molecule has 1 atom stereocenters. The Morgan fingerprint density at radius 2 is 1.59 bits per heavy atom. The second kappa shape index (κ2) is 11.9. The zero-order valence-electron chi connectivity index (χ0n) is 22.6. The number of fused-ring (bicyclic) bond motifs is 1. The van der Waals surface area contributed by atoms with Gasteiger partial charge in [-0.3, -0.25) is 14.5 Å². The van der Waals surface area contributed by atoms with Crippen molar-refractivity contribution < 1.29 is 23.5 Å². The highest BCUT2D eigenvalue weighted by molar-refractivity contribution is 6.09. The van der Waals surface area contributed by atoms with Gasteiger partial charge in [0.1, 0.15) is 30.8 Å². The van der Waals surface area contributed by atoms with Gasteiger partial charge in [0.2, 0.25) is 5.91 Å². The number of H-pyrrole nitrogens is 1. The molecule has 0 spiro atoms. The van der Waals surface area contributed by atoms with Crippen LogP contribution in [0.4, 0.5) is 10.1 Å². The first kappa shape index (κ1) is 26.6. The number of nitrogens with zero attached hydrogens (tertiary/aromatic N) is 1. The maximum atomic E-state index is 14.4. The van der Waals surface area contributed by atoms with Crippen molar-refractivity contribution >= 4 is 17.5 Å². The number of rotatable bonds is 7. The molecule has 0 saturated heterocycles. The summed E-state index contributed by atoms with van der Waals surface area (Å²) in [5.41, 5.74) is 2.99. The molecule has 2 aliphatic rings. The summed E-state index contributed by atoms with van der Waals surface area (Å²) in [4.78, 5) is 33.2. The van der Waals surface area contributed by atoms with Crippen LogP contribution in [-0.4, -0.2) is 36.1 Å². The van der Waals surface area contributed by atoms with Gasteiger partial charge in [-0.2, -0.15) is 0 Å². The van der Waals surface area contributed by atoms with Crippen molar-refractivity contribution in [1.29, 1.82) is 0 Å². The fourth-order valence-corrected chi connectivity index (χ4v) is 5.59. The highest BCUT2D eigenvalue weighted by atomic mass is 19.1. The minimum absolute atomic E-state index is 0.0200. The Morgan fingerprint density at radius 1 is 0.854 bits per heavy atom. The van der Waals surface area contributed by atoms with E-state index in [2.05, 4.69) is 10.3 Å². The summed E-state index contributed by atoms with van der Waals surface area (Å²) >= 11 is 0. The second-order valence-electron chi connectivity index (χ2n) is 10.5. The minimum atomic E-state index is -1.06. The molecule has 1 aromatic heterocycles. The van der Waals surface area contributed by atoms with Crippen molar-refractivity contribution in [3.8, 4) is 22.8 Å². The smallest absolute Gasteiger partial charge is 0.275 e. The first-order valence-corrected chi connectivity index (χ1v) is 14.1. The van der Waals surface area contributed by atoms with Crippen LogP contribution >= 0.6 is 0 Å². The summed E-state index contributed by atoms with van der Waals surface area (Å²) in [7, 11) is 0. The molecule has 2 heterocycles. The first-order valence-electron chi connectivity index (χ1n) is 14.1. The number of aromatic amines is 1. The number of amides is 2. The topological polar surface area (TPSA) is 83.7 Å². The lowest BCUT2D eigenvalue weighted by Gasteiger charge is -2.34. The number of carbonyl (C=O) groups is 2. The molecule has 1 aliphatic carbocycles. The monoisotopic (exact) mass is 553 g/mol. The van der Waals surface area contributed by atoms with Gasteiger partial charge in [0.05, 0.1) is 0 Å². The van der Waals surface area contributed by atoms with E-state index in [0.717, 1.165) is 43.4 Å².